The molecular formula is C57H36N5+. The van der Waals surface area contributed by atoms with Crippen LogP contribution in [0.25, 0.3) is 83.6 Å². The fourth-order valence-corrected chi connectivity index (χ4v) is 9.84. The number of hydrogen-bond donors (Lipinski definition) is 0. The van der Waals surface area contributed by atoms with Crippen molar-refractivity contribution in [2.24, 2.45) is 4.99 Å². The van der Waals surface area contributed by atoms with Crippen LogP contribution in [0.5, 0.6) is 0 Å². The lowest BCUT2D eigenvalue weighted by Crippen LogP contribution is -2.28. The third kappa shape index (κ3) is 5.28. The van der Waals surface area contributed by atoms with E-state index in [9.17, 15) is 0 Å². The number of fused-ring (bicyclic) bond motifs is 9. The van der Waals surface area contributed by atoms with Crippen molar-refractivity contribution in [1.29, 1.82) is 0 Å². The average molecular weight is 791 g/mol. The zero-order chi connectivity index (χ0) is 40.7. The van der Waals surface area contributed by atoms with Crippen LogP contribution in [0.15, 0.2) is 211 Å². The van der Waals surface area contributed by atoms with E-state index >= 15 is 0 Å². The molecule has 1 unspecified atom stereocenters. The largest absolute Gasteiger partial charge is 0.308 e. The fraction of sp³-hybridized carbons (Fsp3) is 0.0175. The Morgan fingerprint density at radius 3 is 1.66 bits per heavy atom. The van der Waals surface area contributed by atoms with Crippen molar-refractivity contribution in [2.45, 2.75) is 6.17 Å². The topological polar surface area (TPSA) is 45.6 Å². The highest BCUT2D eigenvalue weighted by Crippen LogP contribution is 2.43. The highest BCUT2D eigenvalue weighted by atomic mass is 15.2. The minimum atomic E-state index is -0.237. The molecule has 3 aromatic heterocycles. The summed E-state index contributed by atoms with van der Waals surface area (Å²) in [6.45, 7) is 0. The normalized spacial score (nSPS) is 14.7. The summed E-state index contributed by atoms with van der Waals surface area (Å²) in [6.07, 6.45) is 2.07. The van der Waals surface area contributed by atoms with Gasteiger partial charge in [0.25, 0.3) is 6.17 Å². The second kappa shape index (κ2) is 13.6. The van der Waals surface area contributed by atoms with Gasteiger partial charge in [0.2, 0.25) is 11.4 Å². The molecule has 2 aliphatic heterocycles. The van der Waals surface area contributed by atoms with E-state index < -0.39 is 0 Å². The highest BCUT2D eigenvalue weighted by Gasteiger charge is 2.44. The van der Waals surface area contributed by atoms with Crippen LogP contribution in [0.4, 0.5) is 5.69 Å². The van der Waals surface area contributed by atoms with Gasteiger partial charge in [-0.3, -0.25) is 0 Å². The van der Waals surface area contributed by atoms with Gasteiger partial charge >= 0.3 is 0 Å². The first-order valence-corrected chi connectivity index (χ1v) is 21.1. The first-order chi connectivity index (χ1) is 30.7. The summed E-state index contributed by atoms with van der Waals surface area (Å²) in [4.78, 5) is 16.3. The van der Waals surface area contributed by atoms with E-state index in [1.807, 2.05) is 6.07 Å². The van der Waals surface area contributed by atoms with Crippen LogP contribution in [-0.4, -0.2) is 36.5 Å². The van der Waals surface area contributed by atoms with E-state index in [0.29, 0.717) is 5.82 Å². The van der Waals surface area contributed by atoms with Crippen LogP contribution in [-0.2, 0) is 0 Å². The lowest BCUT2D eigenvalue weighted by molar-refractivity contribution is -0.460. The van der Waals surface area contributed by atoms with Gasteiger partial charge in [-0.1, -0.05) is 152 Å². The van der Waals surface area contributed by atoms with Crippen LogP contribution in [0.3, 0.4) is 0 Å². The number of nitrogens with zero attached hydrogens (tertiary/aromatic N) is 5. The smallest absolute Gasteiger partial charge is 0.279 e. The van der Waals surface area contributed by atoms with Crippen LogP contribution >= 0.6 is 0 Å². The lowest BCUT2D eigenvalue weighted by atomic mass is 9.94. The molecule has 0 saturated carbocycles. The van der Waals surface area contributed by atoms with Gasteiger partial charge in [0.15, 0.2) is 5.82 Å². The molecule has 62 heavy (non-hydrogen) atoms. The second-order valence-electron chi connectivity index (χ2n) is 16.2. The maximum Gasteiger partial charge on any atom is 0.279 e. The minimum absolute atomic E-state index is 0.237. The van der Waals surface area contributed by atoms with Gasteiger partial charge in [-0.2, -0.15) is 4.58 Å². The Balaban J connectivity index is 1.03. The van der Waals surface area contributed by atoms with Crippen molar-refractivity contribution >= 4 is 66.9 Å². The molecule has 0 fully saturated rings. The number of hydrogen-bond acceptors (Lipinski definition) is 3. The summed E-state index contributed by atoms with van der Waals surface area (Å²) < 4.78 is 4.86. The molecule has 0 bridgehead atoms. The molecule has 8 aromatic carbocycles. The number of aromatic nitrogens is 3. The summed E-state index contributed by atoms with van der Waals surface area (Å²) in [5.74, 6) is 0.686. The molecule has 5 nitrogen and oxygen atoms in total. The fourth-order valence-electron chi connectivity index (χ4n) is 9.84. The quantitative estimate of drug-likeness (QED) is 0.158. The third-order valence-electron chi connectivity index (χ3n) is 12.6. The average Bonchev–Trinajstić information content (AvgIpc) is 4.03. The van der Waals surface area contributed by atoms with Crippen molar-refractivity contribution in [3.8, 4) is 33.9 Å². The van der Waals surface area contributed by atoms with E-state index in [1.54, 1.807) is 0 Å². The molecule has 0 spiro atoms. The SMILES string of the molecule is C1=C(c2ccccc2)C2N=C(c3ccccc3)C(c3cccc(-c4cc(-c5cc6c7ccccc7n7c8ccccc8c(c5)c67)nc(-c5ccccc5)n4)c3)=[N+]2c2ccccc21. The van der Waals surface area contributed by atoms with Crippen LogP contribution in [0, 0.1) is 0 Å². The molecule has 0 N–H and O–H groups in total. The zero-order valence-corrected chi connectivity index (χ0v) is 33.5. The van der Waals surface area contributed by atoms with Gasteiger partial charge < -0.3 is 4.40 Å². The van der Waals surface area contributed by atoms with Crippen molar-refractivity contribution in [2.75, 3.05) is 0 Å². The minimum Gasteiger partial charge on any atom is -0.308 e. The summed E-state index contributed by atoms with van der Waals surface area (Å²) in [7, 11) is 0. The Bertz CT molecular complexity index is 3590. The maximum atomic E-state index is 5.59. The number of rotatable bonds is 6. The molecule has 0 radical (unpaired) electrons. The van der Waals surface area contributed by atoms with Gasteiger partial charge in [0.1, 0.15) is 5.71 Å². The molecule has 13 rings (SSSR count). The van der Waals surface area contributed by atoms with E-state index in [4.69, 9.17) is 15.0 Å². The number of benzene rings is 8. The van der Waals surface area contributed by atoms with Crippen molar-refractivity contribution in [1.82, 2.24) is 14.4 Å². The van der Waals surface area contributed by atoms with E-state index in [-0.39, 0.29) is 6.17 Å². The van der Waals surface area contributed by atoms with E-state index in [1.165, 1.54) is 49.2 Å². The number of aliphatic imine (C=N–C) groups is 1. The first-order valence-electron chi connectivity index (χ1n) is 21.1. The molecule has 0 amide bonds. The molecule has 11 aromatic rings. The summed E-state index contributed by atoms with van der Waals surface area (Å²) in [6, 6.07) is 73.3. The first kappa shape index (κ1) is 34.6. The van der Waals surface area contributed by atoms with Crippen molar-refractivity contribution in [3.63, 3.8) is 0 Å². The molecule has 0 saturated heterocycles. The Hall–Kier alpha value is -8.28. The molecule has 1 atom stereocenters. The molecule has 5 heteroatoms. The Kier molecular flexibility index (Phi) is 7.60. The van der Waals surface area contributed by atoms with Crippen molar-refractivity contribution < 1.29 is 4.58 Å². The third-order valence-corrected chi connectivity index (χ3v) is 12.6. The maximum absolute atomic E-state index is 5.59. The van der Waals surface area contributed by atoms with Crippen molar-refractivity contribution in [3.05, 3.63) is 229 Å². The number of para-hydroxylation sites is 3. The monoisotopic (exact) mass is 790 g/mol. The lowest BCUT2D eigenvalue weighted by Gasteiger charge is -2.20. The summed E-state index contributed by atoms with van der Waals surface area (Å²) in [5, 5.41) is 4.91. The summed E-state index contributed by atoms with van der Waals surface area (Å²) in [5.41, 5.74) is 17.2. The van der Waals surface area contributed by atoms with E-state index in [2.05, 4.69) is 215 Å². The molecule has 2 aliphatic rings. The summed E-state index contributed by atoms with van der Waals surface area (Å²) >= 11 is 0. The molecule has 288 valence electrons. The van der Waals surface area contributed by atoms with Gasteiger partial charge in [-0.15, -0.1) is 0 Å². The van der Waals surface area contributed by atoms with Gasteiger partial charge in [-0.25, -0.2) is 15.0 Å². The highest BCUT2D eigenvalue weighted by molar-refractivity contribution is 6.53. The standard InChI is InChI=1S/C57H36N5/c1-4-17-36(18-5-1)45-32-40-23-10-13-28-50(40)62-54(53(60-57(45)62)37-19-6-2-7-20-37)41-25-16-24-39(31-41)48-35-49(59-56(58-48)38-21-8-3-9-22-38)42-33-46-43-26-11-14-29-51(43)61-52-30-15-12-27-44(52)47(34-42)55(46)61/h1-35,57H/q+1. The van der Waals surface area contributed by atoms with Gasteiger partial charge in [-0.05, 0) is 60.2 Å². The zero-order valence-electron chi connectivity index (χ0n) is 33.5. The predicted octanol–water partition coefficient (Wildman–Crippen LogP) is 13.1. The molecule has 0 aliphatic carbocycles. The Labute approximate surface area is 357 Å². The predicted molar refractivity (Wildman–Crippen MR) is 255 cm³/mol. The van der Waals surface area contributed by atoms with E-state index in [0.717, 1.165) is 61.9 Å². The van der Waals surface area contributed by atoms with Gasteiger partial charge in [0, 0.05) is 61.0 Å². The van der Waals surface area contributed by atoms with Crippen LogP contribution in [0.2, 0.25) is 0 Å². The van der Waals surface area contributed by atoms with Gasteiger partial charge in [0.05, 0.1) is 33.5 Å². The second-order valence-corrected chi connectivity index (χ2v) is 16.2. The Morgan fingerprint density at radius 2 is 0.968 bits per heavy atom. The van der Waals surface area contributed by atoms with Crippen LogP contribution in [0.1, 0.15) is 22.3 Å². The van der Waals surface area contributed by atoms with Crippen LogP contribution < -0.4 is 0 Å². The molecule has 5 heterocycles. The molecular weight excluding hydrogens is 755 g/mol. The Morgan fingerprint density at radius 1 is 0.419 bits per heavy atom.